The molecule has 0 aliphatic heterocycles. The van der Waals surface area contributed by atoms with Gasteiger partial charge in [-0.1, -0.05) is 12.1 Å². The van der Waals surface area contributed by atoms with Crippen molar-refractivity contribution in [2.24, 2.45) is 7.05 Å². The maximum atomic E-state index is 13.2. The Balaban J connectivity index is 1.88. The summed E-state index contributed by atoms with van der Waals surface area (Å²) in [5.74, 6) is 0.289. The van der Waals surface area contributed by atoms with Crippen LogP contribution in [-0.4, -0.2) is 9.67 Å². The third kappa shape index (κ3) is 2.20. The number of halogens is 1. The predicted molar refractivity (Wildman–Crippen MR) is 75.3 cm³/mol. The normalized spacial score (nSPS) is 10.9. The topological polar surface area (TPSA) is 34.4 Å². The zero-order valence-corrected chi connectivity index (χ0v) is 11.0. The van der Waals surface area contributed by atoms with Crippen molar-refractivity contribution in [1.82, 2.24) is 4.57 Å². The minimum absolute atomic E-state index is 0.109. The fourth-order valence-electron chi connectivity index (χ4n) is 2.25. The largest absolute Gasteiger partial charge is 0.504 e. The van der Waals surface area contributed by atoms with Crippen molar-refractivity contribution in [2.75, 3.05) is 0 Å². The molecular weight excluding hydrogens is 257 g/mol. The minimum Gasteiger partial charge on any atom is -0.504 e. The van der Waals surface area contributed by atoms with Gasteiger partial charge in [0.15, 0.2) is 11.5 Å². The van der Waals surface area contributed by atoms with Crippen LogP contribution in [0.15, 0.2) is 48.5 Å². The predicted octanol–water partition coefficient (Wildman–Crippen LogP) is 3.60. The van der Waals surface area contributed by atoms with Crippen molar-refractivity contribution in [3.63, 3.8) is 0 Å². The Morgan fingerprint density at radius 1 is 1.15 bits per heavy atom. The first-order valence-corrected chi connectivity index (χ1v) is 6.30. The SMILES string of the molecule is Cn1c(COc2ccccc2O)cc2cc(F)ccc21. The first kappa shape index (κ1) is 12.5. The maximum absolute atomic E-state index is 13.2. The van der Waals surface area contributed by atoms with Gasteiger partial charge in [-0.05, 0) is 36.4 Å². The van der Waals surface area contributed by atoms with Crippen LogP contribution in [0.1, 0.15) is 5.69 Å². The number of ether oxygens (including phenoxy) is 1. The smallest absolute Gasteiger partial charge is 0.161 e. The summed E-state index contributed by atoms with van der Waals surface area (Å²) in [4.78, 5) is 0. The Morgan fingerprint density at radius 2 is 1.95 bits per heavy atom. The van der Waals surface area contributed by atoms with Gasteiger partial charge in [0.05, 0.1) is 5.69 Å². The number of aromatic nitrogens is 1. The van der Waals surface area contributed by atoms with Crippen LogP contribution in [0.5, 0.6) is 11.5 Å². The van der Waals surface area contributed by atoms with Crippen LogP contribution in [0.3, 0.4) is 0 Å². The number of hydrogen-bond acceptors (Lipinski definition) is 2. The quantitative estimate of drug-likeness (QED) is 0.789. The van der Waals surface area contributed by atoms with Crippen LogP contribution in [-0.2, 0) is 13.7 Å². The third-order valence-electron chi connectivity index (χ3n) is 3.34. The summed E-state index contributed by atoms with van der Waals surface area (Å²) in [5, 5.41) is 10.5. The summed E-state index contributed by atoms with van der Waals surface area (Å²) in [5.41, 5.74) is 1.86. The van der Waals surface area contributed by atoms with E-state index in [1.54, 1.807) is 30.3 Å². The Hall–Kier alpha value is -2.49. The molecule has 3 aromatic rings. The molecule has 0 aliphatic rings. The van der Waals surface area contributed by atoms with Crippen molar-refractivity contribution in [3.8, 4) is 11.5 Å². The van der Waals surface area contributed by atoms with Gasteiger partial charge >= 0.3 is 0 Å². The highest BCUT2D eigenvalue weighted by Crippen LogP contribution is 2.26. The summed E-state index contributed by atoms with van der Waals surface area (Å²) in [6, 6.07) is 13.4. The van der Waals surface area contributed by atoms with E-state index in [0.717, 1.165) is 16.6 Å². The fraction of sp³-hybridized carbons (Fsp3) is 0.125. The van der Waals surface area contributed by atoms with E-state index in [2.05, 4.69) is 0 Å². The van der Waals surface area contributed by atoms with Gasteiger partial charge in [-0.2, -0.15) is 0 Å². The minimum atomic E-state index is -0.253. The molecule has 20 heavy (non-hydrogen) atoms. The summed E-state index contributed by atoms with van der Waals surface area (Å²) in [6.45, 7) is 0.310. The van der Waals surface area contributed by atoms with Gasteiger partial charge in [-0.25, -0.2) is 4.39 Å². The Kier molecular flexibility index (Phi) is 3.06. The summed E-state index contributed by atoms with van der Waals surface area (Å²) in [7, 11) is 1.91. The van der Waals surface area contributed by atoms with Crippen LogP contribution >= 0.6 is 0 Å². The van der Waals surface area contributed by atoms with E-state index in [1.807, 2.05) is 17.7 Å². The molecule has 1 aromatic heterocycles. The number of nitrogens with zero attached hydrogens (tertiary/aromatic N) is 1. The molecule has 1 heterocycles. The summed E-state index contributed by atoms with van der Waals surface area (Å²) < 4.78 is 20.8. The molecule has 102 valence electrons. The lowest BCUT2D eigenvalue weighted by Gasteiger charge is -2.08. The number of rotatable bonds is 3. The van der Waals surface area contributed by atoms with Crippen molar-refractivity contribution in [1.29, 1.82) is 0 Å². The molecule has 0 amide bonds. The number of phenols is 1. The first-order valence-electron chi connectivity index (χ1n) is 6.30. The highest BCUT2D eigenvalue weighted by molar-refractivity contribution is 5.81. The van der Waals surface area contributed by atoms with E-state index in [-0.39, 0.29) is 11.6 Å². The van der Waals surface area contributed by atoms with E-state index in [0.29, 0.717) is 12.4 Å². The van der Waals surface area contributed by atoms with Crippen molar-refractivity contribution >= 4 is 10.9 Å². The van der Waals surface area contributed by atoms with E-state index < -0.39 is 0 Å². The van der Waals surface area contributed by atoms with Gasteiger partial charge in [0, 0.05) is 18.0 Å². The summed E-state index contributed by atoms with van der Waals surface area (Å²) in [6.07, 6.45) is 0. The molecule has 4 heteroatoms. The van der Waals surface area contributed by atoms with Crippen LogP contribution < -0.4 is 4.74 Å². The third-order valence-corrected chi connectivity index (χ3v) is 3.34. The Labute approximate surface area is 115 Å². The average Bonchev–Trinajstić information content (AvgIpc) is 2.74. The van der Waals surface area contributed by atoms with E-state index >= 15 is 0 Å². The monoisotopic (exact) mass is 271 g/mol. The van der Waals surface area contributed by atoms with Crippen molar-refractivity contribution in [2.45, 2.75) is 6.61 Å². The van der Waals surface area contributed by atoms with E-state index in [4.69, 9.17) is 4.74 Å². The van der Waals surface area contributed by atoms with E-state index in [1.165, 1.54) is 12.1 Å². The number of hydrogen-bond donors (Lipinski definition) is 1. The standard InChI is InChI=1S/C16H14FNO2/c1-18-13(9-11-8-12(17)6-7-14(11)18)10-20-16-5-3-2-4-15(16)19/h2-9,19H,10H2,1H3. The number of phenolic OH excluding ortho intramolecular Hbond substituents is 1. The fourth-order valence-corrected chi connectivity index (χ4v) is 2.25. The molecule has 0 bridgehead atoms. The lowest BCUT2D eigenvalue weighted by molar-refractivity contribution is 0.282. The van der Waals surface area contributed by atoms with Gasteiger partial charge < -0.3 is 14.4 Å². The Morgan fingerprint density at radius 3 is 2.75 bits per heavy atom. The molecule has 0 saturated carbocycles. The molecule has 0 fully saturated rings. The van der Waals surface area contributed by atoms with Crippen LogP contribution in [0.25, 0.3) is 10.9 Å². The molecule has 0 aliphatic carbocycles. The van der Waals surface area contributed by atoms with Gasteiger partial charge in [-0.3, -0.25) is 0 Å². The number of fused-ring (bicyclic) bond motifs is 1. The zero-order chi connectivity index (χ0) is 14.1. The van der Waals surface area contributed by atoms with Crippen LogP contribution in [0.4, 0.5) is 4.39 Å². The molecule has 0 radical (unpaired) electrons. The van der Waals surface area contributed by atoms with E-state index in [9.17, 15) is 9.50 Å². The van der Waals surface area contributed by atoms with Gasteiger partial charge in [-0.15, -0.1) is 0 Å². The highest BCUT2D eigenvalue weighted by Gasteiger charge is 2.08. The molecule has 3 rings (SSSR count). The summed E-state index contributed by atoms with van der Waals surface area (Å²) >= 11 is 0. The number of benzene rings is 2. The number of para-hydroxylation sites is 2. The first-order chi connectivity index (χ1) is 9.65. The number of aromatic hydroxyl groups is 1. The molecule has 3 nitrogen and oxygen atoms in total. The lowest BCUT2D eigenvalue weighted by Crippen LogP contribution is -2.01. The van der Waals surface area contributed by atoms with Crippen molar-refractivity contribution < 1.29 is 14.2 Å². The van der Waals surface area contributed by atoms with Crippen LogP contribution in [0.2, 0.25) is 0 Å². The van der Waals surface area contributed by atoms with Crippen molar-refractivity contribution in [3.05, 3.63) is 60.0 Å². The molecule has 0 saturated heterocycles. The molecule has 1 N–H and O–H groups in total. The average molecular weight is 271 g/mol. The van der Waals surface area contributed by atoms with Gasteiger partial charge in [0.1, 0.15) is 12.4 Å². The highest BCUT2D eigenvalue weighted by atomic mass is 19.1. The molecule has 0 unspecified atom stereocenters. The van der Waals surface area contributed by atoms with Crippen LogP contribution in [0, 0.1) is 5.82 Å². The second-order valence-corrected chi connectivity index (χ2v) is 4.65. The number of aryl methyl sites for hydroxylation is 1. The molecule has 2 aromatic carbocycles. The molecule has 0 spiro atoms. The molecular formula is C16H14FNO2. The zero-order valence-electron chi connectivity index (χ0n) is 11.0. The second kappa shape index (κ2) is 4.89. The molecule has 0 atom stereocenters. The van der Waals surface area contributed by atoms with Gasteiger partial charge in [0.25, 0.3) is 0 Å². The van der Waals surface area contributed by atoms with Gasteiger partial charge in [0.2, 0.25) is 0 Å². The second-order valence-electron chi connectivity index (χ2n) is 4.65. The maximum Gasteiger partial charge on any atom is 0.161 e. The Bertz CT molecular complexity index is 764. The lowest BCUT2D eigenvalue weighted by atomic mass is 10.2.